The lowest BCUT2D eigenvalue weighted by Crippen LogP contribution is -2.55. The molecule has 2 aliphatic rings. The number of nitrogens with one attached hydrogen (secondary N) is 1. The monoisotopic (exact) mass is 306 g/mol. The summed E-state index contributed by atoms with van der Waals surface area (Å²) in [5.74, 6) is -1.42. The smallest absolute Gasteiger partial charge is 0.342 e. The van der Waals surface area contributed by atoms with Crippen molar-refractivity contribution < 1.29 is 18.0 Å². The largest absolute Gasteiger partial charge is 0.393 e. The molecule has 0 spiro atoms. The van der Waals surface area contributed by atoms with Crippen molar-refractivity contribution in [1.29, 1.82) is 0 Å². The second-order valence-corrected chi connectivity index (χ2v) is 6.44. The Balaban J connectivity index is 2.09. The average Bonchev–Trinajstić information content (AvgIpc) is 2.47. The first kappa shape index (κ1) is 16.6. The maximum atomic E-state index is 12.9. The second kappa shape index (κ2) is 6.55. The average molecular weight is 306 g/mol. The zero-order valence-corrected chi connectivity index (χ0v) is 12.6. The van der Waals surface area contributed by atoms with Gasteiger partial charge in [0.1, 0.15) is 0 Å². The van der Waals surface area contributed by atoms with Crippen molar-refractivity contribution in [2.45, 2.75) is 51.6 Å². The minimum atomic E-state index is -4.19. The van der Waals surface area contributed by atoms with Gasteiger partial charge in [-0.25, -0.2) is 0 Å². The molecule has 21 heavy (non-hydrogen) atoms. The van der Waals surface area contributed by atoms with Crippen LogP contribution in [0.1, 0.15) is 45.4 Å². The topological polar surface area (TPSA) is 32.3 Å². The molecule has 2 saturated heterocycles. The summed E-state index contributed by atoms with van der Waals surface area (Å²) < 4.78 is 38.7. The summed E-state index contributed by atoms with van der Waals surface area (Å²) in [6.45, 7) is 3.83. The summed E-state index contributed by atoms with van der Waals surface area (Å²) in [7, 11) is 0. The van der Waals surface area contributed by atoms with E-state index < -0.39 is 17.5 Å². The van der Waals surface area contributed by atoms with Crippen LogP contribution in [0.2, 0.25) is 0 Å². The molecule has 3 nitrogen and oxygen atoms in total. The third-order valence-electron chi connectivity index (χ3n) is 4.83. The number of hydrogen-bond acceptors (Lipinski definition) is 2. The summed E-state index contributed by atoms with van der Waals surface area (Å²) in [4.78, 5) is 14.3. The zero-order chi connectivity index (χ0) is 15.5. The first-order valence-electron chi connectivity index (χ1n) is 7.96. The van der Waals surface area contributed by atoms with E-state index in [2.05, 4.69) is 5.32 Å². The highest BCUT2D eigenvalue weighted by Crippen LogP contribution is 2.38. The van der Waals surface area contributed by atoms with E-state index in [1.807, 2.05) is 6.92 Å². The van der Waals surface area contributed by atoms with Gasteiger partial charge in [0.2, 0.25) is 5.91 Å². The molecule has 1 N–H and O–H groups in total. The number of likely N-dealkylation sites (tertiary alicyclic amines) is 1. The summed E-state index contributed by atoms with van der Waals surface area (Å²) in [6.07, 6.45) is -0.252. The molecule has 0 aromatic carbocycles. The van der Waals surface area contributed by atoms with Crippen LogP contribution >= 0.6 is 0 Å². The Morgan fingerprint density at radius 3 is 2.71 bits per heavy atom. The molecule has 2 fully saturated rings. The fourth-order valence-corrected chi connectivity index (χ4v) is 3.71. The molecule has 1 amide bonds. The van der Waals surface area contributed by atoms with Gasteiger partial charge in [0, 0.05) is 19.6 Å². The van der Waals surface area contributed by atoms with E-state index in [0.717, 1.165) is 32.2 Å². The fraction of sp³-hybridized carbons (Fsp3) is 0.933. The van der Waals surface area contributed by atoms with Crippen molar-refractivity contribution in [2.75, 3.05) is 26.2 Å². The number of carbonyl (C=O) groups excluding carboxylic acids is 1. The second-order valence-electron chi connectivity index (χ2n) is 6.44. The first-order valence-corrected chi connectivity index (χ1v) is 7.96. The van der Waals surface area contributed by atoms with Crippen LogP contribution in [0.3, 0.4) is 0 Å². The molecular weight excluding hydrogens is 281 g/mol. The number of alkyl halides is 3. The highest BCUT2D eigenvalue weighted by Gasteiger charge is 2.46. The van der Waals surface area contributed by atoms with Crippen molar-refractivity contribution in [3.05, 3.63) is 0 Å². The SMILES string of the molecule is CCCC1(C(=O)N2CCCC(C(F)(F)F)C2)CCCNC1. The predicted molar refractivity (Wildman–Crippen MR) is 74.8 cm³/mol. The molecule has 0 aromatic heterocycles. The van der Waals surface area contributed by atoms with Gasteiger partial charge < -0.3 is 10.2 Å². The van der Waals surface area contributed by atoms with Crippen LogP contribution in [0.25, 0.3) is 0 Å². The van der Waals surface area contributed by atoms with Gasteiger partial charge in [-0.05, 0) is 38.6 Å². The van der Waals surface area contributed by atoms with Crippen molar-refractivity contribution in [1.82, 2.24) is 10.2 Å². The maximum absolute atomic E-state index is 12.9. The molecule has 6 heteroatoms. The minimum absolute atomic E-state index is 0.0644. The summed E-state index contributed by atoms with van der Waals surface area (Å²) in [6, 6.07) is 0. The van der Waals surface area contributed by atoms with Crippen molar-refractivity contribution in [3.63, 3.8) is 0 Å². The Morgan fingerprint density at radius 1 is 1.38 bits per heavy atom. The highest BCUT2D eigenvalue weighted by molar-refractivity contribution is 5.83. The number of rotatable bonds is 3. The molecule has 122 valence electrons. The number of hydrogen-bond donors (Lipinski definition) is 1. The molecule has 0 saturated carbocycles. The van der Waals surface area contributed by atoms with Gasteiger partial charge in [-0.1, -0.05) is 13.3 Å². The molecule has 0 aliphatic carbocycles. The van der Waals surface area contributed by atoms with Crippen LogP contribution in [0.15, 0.2) is 0 Å². The molecule has 0 aromatic rings. The first-order chi connectivity index (χ1) is 9.89. The molecule has 0 radical (unpaired) electrons. The number of halogens is 3. The van der Waals surface area contributed by atoms with E-state index in [9.17, 15) is 18.0 Å². The Bertz CT molecular complexity index is 359. The zero-order valence-electron chi connectivity index (χ0n) is 12.6. The quantitative estimate of drug-likeness (QED) is 0.869. The fourth-order valence-electron chi connectivity index (χ4n) is 3.71. The lowest BCUT2D eigenvalue weighted by molar-refractivity contribution is -0.190. The number of carbonyl (C=O) groups is 1. The van der Waals surface area contributed by atoms with Crippen molar-refractivity contribution >= 4 is 5.91 Å². The summed E-state index contributed by atoms with van der Waals surface area (Å²) in [5, 5.41) is 3.25. The number of amides is 1. The molecule has 0 bridgehead atoms. The Hall–Kier alpha value is -0.780. The van der Waals surface area contributed by atoms with E-state index in [4.69, 9.17) is 0 Å². The normalized spacial score (nSPS) is 31.2. The van der Waals surface area contributed by atoms with Gasteiger partial charge in [0.05, 0.1) is 11.3 Å². The minimum Gasteiger partial charge on any atom is -0.342 e. The molecule has 2 unspecified atom stereocenters. The Labute approximate surface area is 124 Å². The van der Waals surface area contributed by atoms with Crippen LogP contribution in [0, 0.1) is 11.3 Å². The van der Waals surface area contributed by atoms with Crippen LogP contribution in [0.4, 0.5) is 13.2 Å². The Morgan fingerprint density at radius 2 is 2.14 bits per heavy atom. The summed E-state index contributed by atoms with van der Waals surface area (Å²) >= 11 is 0. The van der Waals surface area contributed by atoms with Crippen LogP contribution in [-0.4, -0.2) is 43.2 Å². The molecule has 2 atom stereocenters. The van der Waals surface area contributed by atoms with E-state index in [1.54, 1.807) is 0 Å². The summed E-state index contributed by atoms with van der Waals surface area (Å²) in [5.41, 5.74) is -0.486. The van der Waals surface area contributed by atoms with Crippen LogP contribution < -0.4 is 5.32 Å². The maximum Gasteiger partial charge on any atom is 0.393 e. The van der Waals surface area contributed by atoms with Crippen molar-refractivity contribution in [2.24, 2.45) is 11.3 Å². The predicted octanol–water partition coefficient (Wildman–Crippen LogP) is 2.96. The van der Waals surface area contributed by atoms with Gasteiger partial charge in [-0.2, -0.15) is 13.2 Å². The van der Waals surface area contributed by atoms with Gasteiger partial charge >= 0.3 is 6.18 Å². The molecular formula is C15H25F3N2O. The highest BCUT2D eigenvalue weighted by atomic mass is 19.4. The lowest BCUT2D eigenvalue weighted by atomic mass is 9.75. The number of nitrogens with zero attached hydrogens (tertiary/aromatic N) is 1. The third-order valence-corrected chi connectivity index (χ3v) is 4.83. The van der Waals surface area contributed by atoms with Gasteiger partial charge in [-0.15, -0.1) is 0 Å². The Kier molecular flexibility index (Phi) is 5.17. The van der Waals surface area contributed by atoms with E-state index in [0.29, 0.717) is 19.5 Å². The molecule has 2 heterocycles. The standard InChI is InChI=1S/C15H25F3N2O/c1-2-6-14(7-4-8-19-11-14)13(21)20-9-3-5-12(10-20)15(16,17)18/h12,19H,2-11H2,1H3. The van der Waals surface area contributed by atoms with Gasteiger partial charge in [0.25, 0.3) is 0 Å². The van der Waals surface area contributed by atoms with Crippen LogP contribution in [-0.2, 0) is 4.79 Å². The molecule has 2 aliphatic heterocycles. The molecule has 2 rings (SSSR count). The van der Waals surface area contributed by atoms with Crippen LogP contribution in [0.5, 0.6) is 0 Å². The van der Waals surface area contributed by atoms with E-state index >= 15 is 0 Å². The van der Waals surface area contributed by atoms with E-state index in [-0.39, 0.29) is 18.9 Å². The van der Waals surface area contributed by atoms with Gasteiger partial charge in [0.15, 0.2) is 0 Å². The number of piperidine rings is 2. The third kappa shape index (κ3) is 3.71. The lowest BCUT2D eigenvalue weighted by Gasteiger charge is -2.43. The van der Waals surface area contributed by atoms with E-state index in [1.165, 1.54) is 4.90 Å². The van der Waals surface area contributed by atoms with Crippen molar-refractivity contribution in [3.8, 4) is 0 Å². The van der Waals surface area contributed by atoms with Gasteiger partial charge in [-0.3, -0.25) is 4.79 Å².